The fourth-order valence-corrected chi connectivity index (χ4v) is 3.58. The molecule has 3 aromatic heterocycles. The molecule has 0 aliphatic heterocycles. The highest BCUT2D eigenvalue weighted by molar-refractivity contribution is 5.93. The topological polar surface area (TPSA) is 92.3 Å². The van der Waals surface area contributed by atoms with Crippen molar-refractivity contribution >= 4 is 27.9 Å². The first-order chi connectivity index (χ1) is 13.8. The zero-order valence-electron chi connectivity index (χ0n) is 15.4. The highest BCUT2D eigenvalue weighted by Crippen LogP contribution is 2.32. The van der Waals surface area contributed by atoms with E-state index in [0.717, 1.165) is 46.2 Å². The molecule has 3 heterocycles. The van der Waals surface area contributed by atoms with Gasteiger partial charge in [0.25, 0.3) is 0 Å². The summed E-state index contributed by atoms with van der Waals surface area (Å²) in [4.78, 5) is 13.4. The van der Waals surface area contributed by atoms with Crippen molar-refractivity contribution in [1.82, 2.24) is 30.4 Å². The van der Waals surface area contributed by atoms with Crippen molar-refractivity contribution in [2.75, 3.05) is 5.32 Å². The normalized spacial score (nSPS) is 18.8. The number of rotatable bonds is 4. The van der Waals surface area contributed by atoms with E-state index in [1.807, 2.05) is 24.4 Å². The number of benzene rings is 1. The van der Waals surface area contributed by atoms with Crippen LogP contribution in [0.25, 0.3) is 33.2 Å². The number of fused-ring (bicyclic) bond motifs is 2. The monoisotopic (exact) mass is 369 g/mol. The lowest BCUT2D eigenvalue weighted by atomic mass is 9.88. The first-order valence-corrected chi connectivity index (χ1v) is 9.31. The SMILES string of the molecule is CCC1(Nc2ncnc3ccc(-c4cnc5n[nH]nc5c4)cc23)C=CC=CC1. The van der Waals surface area contributed by atoms with Crippen LogP contribution >= 0.6 is 0 Å². The van der Waals surface area contributed by atoms with Gasteiger partial charge in [0, 0.05) is 17.1 Å². The second-order valence-electron chi connectivity index (χ2n) is 6.97. The molecule has 4 aromatic rings. The fourth-order valence-electron chi connectivity index (χ4n) is 3.58. The lowest BCUT2D eigenvalue weighted by Gasteiger charge is -2.32. The van der Waals surface area contributed by atoms with Crippen molar-refractivity contribution in [3.8, 4) is 11.1 Å². The summed E-state index contributed by atoms with van der Waals surface area (Å²) in [5.41, 5.74) is 4.13. The Morgan fingerprint density at radius 2 is 2.00 bits per heavy atom. The third-order valence-corrected chi connectivity index (χ3v) is 5.29. The third-order valence-electron chi connectivity index (χ3n) is 5.29. The zero-order valence-corrected chi connectivity index (χ0v) is 15.4. The predicted octanol–water partition coefficient (Wildman–Crippen LogP) is 4.04. The Bertz CT molecular complexity index is 1220. The minimum Gasteiger partial charge on any atom is -0.360 e. The van der Waals surface area contributed by atoms with Gasteiger partial charge in [-0.15, -0.1) is 5.10 Å². The van der Waals surface area contributed by atoms with Gasteiger partial charge in [-0.2, -0.15) is 10.3 Å². The van der Waals surface area contributed by atoms with Gasteiger partial charge in [-0.05, 0) is 36.6 Å². The number of aromatic nitrogens is 6. The van der Waals surface area contributed by atoms with Gasteiger partial charge in [0.05, 0.1) is 11.1 Å². The molecule has 0 saturated carbocycles. The van der Waals surface area contributed by atoms with Crippen molar-refractivity contribution in [1.29, 1.82) is 0 Å². The van der Waals surface area contributed by atoms with Crippen LogP contribution in [0.15, 0.2) is 61.1 Å². The first-order valence-electron chi connectivity index (χ1n) is 9.31. The maximum Gasteiger partial charge on any atom is 0.201 e. The number of allylic oxidation sites excluding steroid dienone is 2. The van der Waals surface area contributed by atoms with Crippen molar-refractivity contribution in [3.63, 3.8) is 0 Å². The summed E-state index contributed by atoms with van der Waals surface area (Å²) in [6.45, 7) is 2.18. The van der Waals surface area contributed by atoms with E-state index in [2.05, 4.69) is 73.0 Å². The van der Waals surface area contributed by atoms with Crippen molar-refractivity contribution < 1.29 is 0 Å². The zero-order chi connectivity index (χ0) is 19.0. The Hall–Kier alpha value is -3.61. The molecule has 28 heavy (non-hydrogen) atoms. The maximum atomic E-state index is 4.55. The summed E-state index contributed by atoms with van der Waals surface area (Å²) in [5.74, 6) is 0.837. The molecule has 2 N–H and O–H groups in total. The molecule has 1 aromatic carbocycles. The Labute approximate surface area is 161 Å². The quantitative estimate of drug-likeness (QED) is 0.564. The van der Waals surface area contributed by atoms with Crippen LogP contribution in [0.1, 0.15) is 19.8 Å². The Morgan fingerprint density at radius 3 is 2.86 bits per heavy atom. The van der Waals surface area contributed by atoms with E-state index in [9.17, 15) is 0 Å². The van der Waals surface area contributed by atoms with Crippen LogP contribution in [0.2, 0.25) is 0 Å². The van der Waals surface area contributed by atoms with Crippen LogP contribution in [-0.2, 0) is 0 Å². The Balaban J connectivity index is 1.59. The largest absolute Gasteiger partial charge is 0.360 e. The smallest absolute Gasteiger partial charge is 0.201 e. The number of nitrogens with one attached hydrogen (secondary N) is 2. The molecule has 7 heteroatoms. The van der Waals surface area contributed by atoms with Crippen LogP contribution in [-0.4, -0.2) is 35.9 Å². The van der Waals surface area contributed by atoms with Crippen LogP contribution in [0.3, 0.4) is 0 Å². The van der Waals surface area contributed by atoms with Crippen LogP contribution in [0.4, 0.5) is 5.82 Å². The van der Waals surface area contributed by atoms with Gasteiger partial charge in [-0.25, -0.2) is 15.0 Å². The molecule has 1 aliphatic carbocycles. The third kappa shape index (κ3) is 2.81. The van der Waals surface area contributed by atoms with Gasteiger partial charge in [0.2, 0.25) is 5.65 Å². The number of hydrogen-bond donors (Lipinski definition) is 2. The molecule has 0 spiro atoms. The highest BCUT2D eigenvalue weighted by Gasteiger charge is 2.26. The predicted molar refractivity (Wildman–Crippen MR) is 110 cm³/mol. The summed E-state index contributed by atoms with van der Waals surface area (Å²) < 4.78 is 0. The number of aromatic amines is 1. The average molecular weight is 369 g/mol. The van der Waals surface area contributed by atoms with Crippen molar-refractivity contribution in [3.05, 3.63) is 61.1 Å². The summed E-state index contributed by atoms with van der Waals surface area (Å²) >= 11 is 0. The van der Waals surface area contributed by atoms with Gasteiger partial charge >= 0.3 is 0 Å². The van der Waals surface area contributed by atoms with Crippen LogP contribution in [0, 0.1) is 0 Å². The Morgan fingerprint density at radius 1 is 1.04 bits per heavy atom. The van der Waals surface area contributed by atoms with Gasteiger partial charge in [0.15, 0.2) is 0 Å². The molecule has 0 saturated heterocycles. The molecule has 5 rings (SSSR count). The molecule has 1 unspecified atom stereocenters. The van der Waals surface area contributed by atoms with E-state index in [0.29, 0.717) is 5.65 Å². The number of nitrogens with zero attached hydrogens (tertiary/aromatic N) is 5. The van der Waals surface area contributed by atoms with E-state index >= 15 is 0 Å². The molecule has 0 radical (unpaired) electrons. The van der Waals surface area contributed by atoms with Crippen LogP contribution < -0.4 is 5.32 Å². The fraction of sp³-hybridized carbons (Fsp3) is 0.190. The molecule has 7 nitrogen and oxygen atoms in total. The molecule has 138 valence electrons. The van der Waals surface area contributed by atoms with E-state index in [1.54, 1.807) is 6.33 Å². The van der Waals surface area contributed by atoms with Gasteiger partial charge in [0.1, 0.15) is 17.7 Å². The molecule has 1 atom stereocenters. The molecule has 1 aliphatic rings. The number of anilines is 1. The second-order valence-corrected chi connectivity index (χ2v) is 6.97. The lowest BCUT2D eigenvalue weighted by molar-refractivity contribution is 0.555. The minimum atomic E-state index is -0.132. The molecule has 0 fully saturated rings. The van der Waals surface area contributed by atoms with Crippen molar-refractivity contribution in [2.24, 2.45) is 0 Å². The van der Waals surface area contributed by atoms with E-state index in [1.165, 1.54) is 0 Å². The molecular formula is C21H19N7. The standard InChI is InChI=1S/C21H19N7/c1-2-21(8-4-3-5-9-21)25-19-16-10-14(6-7-17(16)23-13-24-19)15-11-18-20(22-12-15)27-28-26-18/h3-8,10-13H,2,9H2,1H3,(H,23,24,25)(H,22,26,27,28). The van der Waals surface area contributed by atoms with Gasteiger partial charge in [-0.3, -0.25) is 0 Å². The lowest BCUT2D eigenvalue weighted by Crippen LogP contribution is -2.36. The van der Waals surface area contributed by atoms with E-state index in [-0.39, 0.29) is 5.54 Å². The van der Waals surface area contributed by atoms with E-state index < -0.39 is 0 Å². The molecular weight excluding hydrogens is 350 g/mol. The summed E-state index contributed by atoms with van der Waals surface area (Å²) in [7, 11) is 0. The van der Waals surface area contributed by atoms with Crippen LogP contribution in [0.5, 0.6) is 0 Å². The Kier molecular flexibility index (Phi) is 3.86. The second kappa shape index (κ2) is 6.53. The van der Waals surface area contributed by atoms with Crippen molar-refractivity contribution in [2.45, 2.75) is 25.3 Å². The molecule has 0 amide bonds. The summed E-state index contributed by atoms with van der Waals surface area (Å²) in [6.07, 6.45) is 13.9. The van der Waals surface area contributed by atoms with Gasteiger partial charge < -0.3 is 5.32 Å². The minimum absolute atomic E-state index is 0.132. The number of H-pyrrole nitrogens is 1. The number of hydrogen-bond acceptors (Lipinski definition) is 6. The average Bonchev–Trinajstić information content (AvgIpc) is 3.22. The first kappa shape index (κ1) is 16.6. The maximum absolute atomic E-state index is 4.55. The summed E-state index contributed by atoms with van der Waals surface area (Å²) in [6, 6.07) is 8.14. The highest BCUT2D eigenvalue weighted by atomic mass is 15.3. The van der Waals surface area contributed by atoms with E-state index in [4.69, 9.17) is 0 Å². The summed E-state index contributed by atoms with van der Waals surface area (Å²) in [5, 5.41) is 15.4. The molecule has 0 bridgehead atoms. The number of pyridine rings is 1. The van der Waals surface area contributed by atoms with Gasteiger partial charge in [-0.1, -0.05) is 37.3 Å².